The molecule has 0 unspecified atom stereocenters. The number of halogens is 1. The molecule has 2 aromatic carbocycles. The fourth-order valence-corrected chi connectivity index (χ4v) is 1.90. The smallest absolute Gasteiger partial charge is 0.259 e. The Morgan fingerprint density at radius 2 is 2.00 bits per heavy atom. The number of rotatable bonds is 3. The number of aromatic hydroxyl groups is 1. The second kappa shape index (κ2) is 5.84. The van der Waals surface area contributed by atoms with Crippen molar-refractivity contribution in [3.8, 4) is 11.5 Å². The summed E-state index contributed by atoms with van der Waals surface area (Å²) in [5.41, 5.74) is 1.62. The number of aryl methyl sites for hydroxylation is 1. The molecule has 2 N–H and O–H groups in total. The molecule has 0 radical (unpaired) electrons. The Labute approximate surface area is 122 Å². The van der Waals surface area contributed by atoms with Gasteiger partial charge in [-0.15, -0.1) is 0 Å². The molecule has 0 bridgehead atoms. The normalized spacial score (nSPS) is 10.2. The van der Waals surface area contributed by atoms with E-state index >= 15 is 0 Å². The predicted octanol–water partition coefficient (Wildman–Crippen LogP) is 3.61. The van der Waals surface area contributed by atoms with Gasteiger partial charge in [0, 0.05) is 16.8 Å². The summed E-state index contributed by atoms with van der Waals surface area (Å²) >= 11 is 5.85. The maximum Gasteiger partial charge on any atom is 0.259 e. The number of anilines is 1. The molecule has 0 saturated carbocycles. The van der Waals surface area contributed by atoms with E-state index in [0.29, 0.717) is 22.0 Å². The lowest BCUT2D eigenvalue weighted by atomic mass is 10.1. The predicted molar refractivity (Wildman–Crippen MR) is 78.8 cm³/mol. The van der Waals surface area contributed by atoms with Gasteiger partial charge in [-0.1, -0.05) is 17.7 Å². The third kappa shape index (κ3) is 3.03. The van der Waals surface area contributed by atoms with Crippen LogP contribution >= 0.6 is 11.6 Å². The van der Waals surface area contributed by atoms with Gasteiger partial charge in [-0.25, -0.2) is 0 Å². The van der Waals surface area contributed by atoms with Crippen molar-refractivity contribution in [3.05, 3.63) is 52.5 Å². The van der Waals surface area contributed by atoms with Crippen LogP contribution in [0.5, 0.6) is 11.5 Å². The summed E-state index contributed by atoms with van der Waals surface area (Å²) in [4.78, 5) is 12.2. The van der Waals surface area contributed by atoms with Crippen LogP contribution < -0.4 is 10.1 Å². The van der Waals surface area contributed by atoms with Gasteiger partial charge in [0.2, 0.25) is 0 Å². The van der Waals surface area contributed by atoms with Crippen LogP contribution in [0.3, 0.4) is 0 Å². The highest BCUT2D eigenvalue weighted by molar-refractivity contribution is 6.31. The first-order chi connectivity index (χ1) is 9.51. The van der Waals surface area contributed by atoms with Crippen molar-refractivity contribution < 1.29 is 14.6 Å². The number of benzene rings is 2. The largest absolute Gasteiger partial charge is 0.508 e. The Morgan fingerprint density at radius 3 is 2.65 bits per heavy atom. The molecule has 0 aliphatic rings. The van der Waals surface area contributed by atoms with Crippen LogP contribution in [0.2, 0.25) is 5.02 Å². The number of methoxy groups -OCH3 is 1. The van der Waals surface area contributed by atoms with Gasteiger partial charge in [0.1, 0.15) is 11.5 Å². The fourth-order valence-electron chi connectivity index (χ4n) is 1.74. The summed E-state index contributed by atoms with van der Waals surface area (Å²) in [6.07, 6.45) is 0. The maximum atomic E-state index is 12.2. The molecule has 4 nitrogen and oxygen atoms in total. The monoisotopic (exact) mass is 291 g/mol. The van der Waals surface area contributed by atoms with Gasteiger partial charge in [-0.2, -0.15) is 0 Å². The molecule has 0 aliphatic heterocycles. The molecule has 0 saturated heterocycles. The molecule has 1 amide bonds. The molecular formula is C15H14ClNO3. The van der Waals surface area contributed by atoms with Gasteiger partial charge in [0.25, 0.3) is 5.91 Å². The summed E-state index contributed by atoms with van der Waals surface area (Å²) in [7, 11) is 1.47. The van der Waals surface area contributed by atoms with Gasteiger partial charge in [0.05, 0.1) is 12.7 Å². The lowest BCUT2D eigenvalue weighted by Gasteiger charge is -2.10. The average molecular weight is 292 g/mol. The minimum atomic E-state index is -0.332. The molecule has 0 fully saturated rings. The van der Waals surface area contributed by atoms with Gasteiger partial charge < -0.3 is 15.2 Å². The summed E-state index contributed by atoms with van der Waals surface area (Å²) in [5.74, 6) is 0.193. The van der Waals surface area contributed by atoms with Crippen LogP contribution in [0.1, 0.15) is 15.9 Å². The second-order valence-corrected chi connectivity index (χ2v) is 4.74. The van der Waals surface area contributed by atoms with E-state index in [4.69, 9.17) is 16.3 Å². The number of hydrogen-bond donors (Lipinski definition) is 2. The van der Waals surface area contributed by atoms with Crippen LogP contribution in [-0.2, 0) is 0 Å². The molecular weight excluding hydrogens is 278 g/mol. The highest BCUT2D eigenvalue weighted by Crippen LogP contribution is 2.25. The van der Waals surface area contributed by atoms with E-state index in [1.807, 2.05) is 0 Å². The quantitative estimate of drug-likeness (QED) is 0.908. The molecule has 0 heterocycles. The minimum absolute atomic E-state index is 0.130. The van der Waals surface area contributed by atoms with E-state index in [0.717, 1.165) is 5.56 Å². The van der Waals surface area contributed by atoms with E-state index in [2.05, 4.69) is 5.32 Å². The number of hydrogen-bond acceptors (Lipinski definition) is 3. The van der Waals surface area contributed by atoms with E-state index in [1.54, 1.807) is 37.3 Å². The number of carbonyl (C=O) groups excluding carboxylic acids is 1. The molecule has 0 spiro atoms. The molecule has 2 rings (SSSR count). The number of ether oxygens (including phenoxy) is 1. The molecule has 104 valence electrons. The number of nitrogens with one attached hydrogen (secondary N) is 1. The Morgan fingerprint density at radius 1 is 1.25 bits per heavy atom. The summed E-state index contributed by atoms with van der Waals surface area (Å²) in [6, 6.07) is 9.72. The van der Waals surface area contributed by atoms with E-state index in [1.165, 1.54) is 13.2 Å². The van der Waals surface area contributed by atoms with Crippen LogP contribution in [-0.4, -0.2) is 18.1 Å². The number of phenols is 1. The number of carbonyl (C=O) groups is 1. The highest BCUT2D eigenvalue weighted by Gasteiger charge is 2.13. The van der Waals surface area contributed by atoms with Crippen molar-refractivity contribution in [1.29, 1.82) is 0 Å². The third-order valence-electron chi connectivity index (χ3n) is 2.88. The van der Waals surface area contributed by atoms with Crippen LogP contribution in [0, 0.1) is 6.92 Å². The molecule has 20 heavy (non-hydrogen) atoms. The summed E-state index contributed by atoms with van der Waals surface area (Å²) in [6.45, 7) is 1.78. The Kier molecular flexibility index (Phi) is 4.15. The summed E-state index contributed by atoms with van der Waals surface area (Å²) in [5, 5.41) is 12.8. The summed E-state index contributed by atoms with van der Waals surface area (Å²) < 4.78 is 5.13. The van der Waals surface area contributed by atoms with Crippen molar-refractivity contribution in [2.45, 2.75) is 6.92 Å². The van der Waals surface area contributed by atoms with Gasteiger partial charge >= 0.3 is 0 Å². The van der Waals surface area contributed by atoms with Gasteiger partial charge in [-0.3, -0.25) is 4.79 Å². The van der Waals surface area contributed by atoms with E-state index < -0.39 is 0 Å². The van der Waals surface area contributed by atoms with Crippen molar-refractivity contribution in [2.24, 2.45) is 0 Å². The molecule has 2 aromatic rings. The van der Waals surface area contributed by atoms with Crippen LogP contribution in [0.15, 0.2) is 36.4 Å². The third-order valence-corrected chi connectivity index (χ3v) is 3.11. The molecule has 5 heteroatoms. The van der Waals surface area contributed by atoms with E-state index in [-0.39, 0.29) is 11.7 Å². The first-order valence-electron chi connectivity index (χ1n) is 5.96. The van der Waals surface area contributed by atoms with Crippen molar-refractivity contribution in [1.82, 2.24) is 0 Å². The Balaban J connectivity index is 2.25. The zero-order valence-electron chi connectivity index (χ0n) is 11.1. The number of amides is 1. The van der Waals surface area contributed by atoms with E-state index in [9.17, 15) is 9.90 Å². The lowest BCUT2D eigenvalue weighted by Crippen LogP contribution is -2.13. The topological polar surface area (TPSA) is 58.6 Å². The second-order valence-electron chi connectivity index (χ2n) is 4.30. The van der Waals surface area contributed by atoms with Gasteiger partial charge in [-0.05, 0) is 36.8 Å². The molecule has 0 aliphatic carbocycles. The highest BCUT2D eigenvalue weighted by atomic mass is 35.5. The van der Waals surface area contributed by atoms with Crippen LogP contribution in [0.25, 0.3) is 0 Å². The SMILES string of the molecule is COc1cc(Cl)ccc1C(=O)Nc1ccc(C)c(O)c1. The van der Waals surface area contributed by atoms with Crippen molar-refractivity contribution in [2.75, 3.05) is 12.4 Å². The lowest BCUT2D eigenvalue weighted by molar-refractivity contribution is 0.102. The van der Waals surface area contributed by atoms with Crippen molar-refractivity contribution >= 4 is 23.2 Å². The molecule has 0 aromatic heterocycles. The Bertz CT molecular complexity index is 656. The maximum absolute atomic E-state index is 12.2. The standard InChI is InChI=1S/C15H14ClNO3/c1-9-3-5-11(8-13(9)18)17-15(19)12-6-4-10(16)7-14(12)20-2/h3-8,18H,1-2H3,(H,17,19). The average Bonchev–Trinajstić information content (AvgIpc) is 2.42. The zero-order valence-corrected chi connectivity index (χ0v) is 11.9. The van der Waals surface area contributed by atoms with Crippen molar-refractivity contribution in [3.63, 3.8) is 0 Å². The van der Waals surface area contributed by atoms with Crippen LogP contribution in [0.4, 0.5) is 5.69 Å². The minimum Gasteiger partial charge on any atom is -0.508 e. The Hall–Kier alpha value is -2.20. The zero-order chi connectivity index (χ0) is 14.7. The fraction of sp³-hybridized carbons (Fsp3) is 0.133. The molecule has 0 atom stereocenters. The first-order valence-corrected chi connectivity index (χ1v) is 6.33. The first kappa shape index (κ1) is 14.2. The number of phenolic OH excluding ortho intramolecular Hbond substituents is 1. The van der Waals surface area contributed by atoms with Gasteiger partial charge in [0.15, 0.2) is 0 Å².